The zero-order chi connectivity index (χ0) is 29.6. The van der Waals surface area contributed by atoms with E-state index in [0.29, 0.717) is 12.1 Å². The van der Waals surface area contributed by atoms with E-state index in [-0.39, 0.29) is 49.0 Å². The van der Waals surface area contributed by atoms with Crippen LogP contribution in [-0.4, -0.2) is 78.9 Å². The highest BCUT2D eigenvalue weighted by atomic mass is 32.2. The van der Waals surface area contributed by atoms with E-state index in [4.69, 9.17) is 0 Å². The molecule has 4 amide bonds. The van der Waals surface area contributed by atoms with Gasteiger partial charge in [0.2, 0.25) is 23.6 Å². The molecule has 4 atom stereocenters. The topological polar surface area (TPSA) is 151 Å². The molecule has 1 fully saturated rings. The van der Waals surface area contributed by atoms with Crippen LogP contribution in [0.2, 0.25) is 0 Å². The molecule has 1 saturated heterocycles. The lowest BCUT2D eigenvalue weighted by Gasteiger charge is -2.29. The van der Waals surface area contributed by atoms with Gasteiger partial charge in [0.05, 0.1) is 24.5 Å². The molecule has 0 radical (unpaired) electrons. The highest BCUT2D eigenvalue weighted by Gasteiger charge is 2.42. The van der Waals surface area contributed by atoms with Crippen molar-refractivity contribution >= 4 is 35.4 Å². The maximum Gasteiger partial charge on any atom is 0.243 e. The van der Waals surface area contributed by atoms with E-state index in [1.54, 1.807) is 28.2 Å². The number of hydrogen-bond acceptors (Lipinski definition) is 8. The van der Waals surface area contributed by atoms with Crippen LogP contribution in [0.15, 0.2) is 66.0 Å². The molecule has 0 saturated carbocycles. The van der Waals surface area contributed by atoms with Crippen molar-refractivity contribution in [2.24, 2.45) is 5.92 Å². The second kappa shape index (κ2) is 13.1. The van der Waals surface area contributed by atoms with Gasteiger partial charge in [0.25, 0.3) is 0 Å². The number of aromatic nitrogens is 4. The van der Waals surface area contributed by atoms with Gasteiger partial charge < -0.3 is 20.9 Å². The summed E-state index contributed by atoms with van der Waals surface area (Å²) < 4.78 is 1.65. The van der Waals surface area contributed by atoms with Crippen molar-refractivity contribution in [3.8, 4) is 0 Å². The van der Waals surface area contributed by atoms with Crippen LogP contribution in [0.25, 0.3) is 0 Å². The summed E-state index contributed by atoms with van der Waals surface area (Å²) in [5.74, 6) is -1.57. The number of nitrogens with zero attached hydrogens (tertiary/aromatic N) is 5. The van der Waals surface area contributed by atoms with Gasteiger partial charge in [-0.2, -0.15) is 0 Å². The minimum absolute atomic E-state index is 0.117. The standard InChI is InChI=1S/C29H34N8O4S/c1-18(2)26-29(41)32-23(12-19-6-4-3-5-7-19)27(39)31-14-20-15-37(35-34-20)21-13-24(28(40)33-26)36(16-21)25(38)17-42-22-8-10-30-11-9-22/h3-11,15,18,21,23-24,26H,12-14,16-17H2,1-2H3,(H,31,39)(H,32,41)(H,33,40)/t21-,23+,24-,26-/m0/s1. The molecular formula is C29H34N8O4S. The minimum Gasteiger partial charge on any atom is -0.349 e. The molecule has 3 aromatic rings. The highest BCUT2D eigenvalue weighted by molar-refractivity contribution is 8.00. The third kappa shape index (κ3) is 6.96. The van der Waals surface area contributed by atoms with Crippen molar-refractivity contribution in [3.63, 3.8) is 0 Å². The zero-order valence-electron chi connectivity index (χ0n) is 23.5. The van der Waals surface area contributed by atoms with Crippen LogP contribution in [-0.2, 0) is 32.1 Å². The van der Waals surface area contributed by atoms with Crippen LogP contribution in [0.4, 0.5) is 0 Å². The van der Waals surface area contributed by atoms with E-state index in [1.807, 2.05) is 56.3 Å². The van der Waals surface area contributed by atoms with Crippen molar-refractivity contribution in [1.29, 1.82) is 0 Å². The van der Waals surface area contributed by atoms with Gasteiger partial charge in [0.15, 0.2) is 0 Å². The molecule has 2 aliphatic rings. The molecule has 2 aromatic heterocycles. The van der Waals surface area contributed by atoms with Crippen LogP contribution >= 0.6 is 11.8 Å². The number of likely N-dealkylation sites (tertiary alicyclic amines) is 1. The molecule has 0 unspecified atom stereocenters. The summed E-state index contributed by atoms with van der Waals surface area (Å²) in [6.07, 6.45) is 5.63. The van der Waals surface area contributed by atoms with Gasteiger partial charge in [0, 0.05) is 36.7 Å². The molecule has 5 rings (SSSR count). The molecule has 13 heteroatoms. The van der Waals surface area contributed by atoms with Crippen molar-refractivity contribution in [3.05, 3.63) is 72.3 Å². The van der Waals surface area contributed by atoms with Gasteiger partial charge >= 0.3 is 0 Å². The lowest BCUT2D eigenvalue weighted by Crippen LogP contribution is -2.58. The van der Waals surface area contributed by atoms with Gasteiger partial charge in [-0.25, -0.2) is 4.68 Å². The van der Waals surface area contributed by atoms with Crippen LogP contribution in [0.3, 0.4) is 0 Å². The Hall–Kier alpha value is -4.26. The first kappa shape index (κ1) is 29.2. The van der Waals surface area contributed by atoms with Crippen LogP contribution in [0.5, 0.6) is 0 Å². The highest BCUT2D eigenvalue weighted by Crippen LogP contribution is 2.29. The predicted octanol–water partition coefficient (Wildman–Crippen LogP) is 1.11. The first-order chi connectivity index (χ1) is 20.3. The van der Waals surface area contributed by atoms with Crippen molar-refractivity contribution in [1.82, 2.24) is 40.8 Å². The summed E-state index contributed by atoms with van der Waals surface area (Å²) in [4.78, 5) is 60.4. The van der Waals surface area contributed by atoms with Gasteiger partial charge in [-0.1, -0.05) is 49.4 Å². The lowest BCUT2D eigenvalue weighted by molar-refractivity contribution is -0.138. The number of pyridine rings is 1. The molecule has 0 spiro atoms. The second-order valence-electron chi connectivity index (χ2n) is 10.8. The van der Waals surface area contributed by atoms with Gasteiger partial charge in [-0.3, -0.25) is 24.2 Å². The Bertz CT molecular complexity index is 1420. The third-order valence-electron chi connectivity index (χ3n) is 7.45. The first-order valence-electron chi connectivity index (χ1n) is 13.9. The fraction of sp³-hybridized carbons (Fsp3) is 0.414. The molecule has 3 N–H and O–H groups in total. The van der Waals surface area contributed by atoms with Gasteiger partial charge in [0.1, 0.15) is 23.8 Å². The van der Waals surface area contributed by atoms with Crippen LogP contribution in [0, 0.1) is 5.92 Å². The number of carbonyl (C=O) groups excluding carboxylic acids is 4. The molecule has 42 heavy (non-hydrogen) atoms. The van der Waals surface area contributed by atoms with E-state index < -0.39 is 29.9 Å². The number of thioether (sulfide) groups is 1. The molecule has 4 bridgehead atoms. The van der Waals surface area contributed by atoms with E-state index in [9.17, 15) is 19.2 Å². The van der Waals surface area contributed by atoms with Crippen molar-refractivity contribution in [2.75, 3.05) is 12.3 Å². The molecule has 2 aliphatic heterocycles. The Labute approximate surface area is 248 Å². The SMILES string of the molecule is CC(C)[C@@H]1NC(=O)[C@@H]2C[C@@H](CN2C(=O)CSc2ccncc2)n2cc(nn2)CNC(=O)[C@@H](Cc2ccccc2)NC1=O. The van der Waals surface area contributed by atoms with Gasteiger partial charge in [-0.05, 0) is 23.6 Å². The van der Waals surface area contributed by atoms with Gasteiger partial charge in [-0.15, -0.1) is 16.9 Å². The van der Waals surface area contributed by atoms with E-state index >= 15 is 0 Å². The maximum absolute atomic E-state index is 13.7. The number of rotatable bonds is 6. The summed E-state index contributed by atoms with van der Waals surface area (Å²) in [5.41, 5.74) is 1.41. The number of benzene rings is 1. The molecule has 12 nitrogen and oxygen atoms in total. The molecule has 4 heterocycles. The summed E-state index contributed by atoms with van der Waals surface area (Å²) >= 11 is 1.37. The summed E-state index contributed by atoms with van der Waals surface area (Å²) in [5, 5.41) is 17.1. The third-order valence-corrected chi connectivity index (χ3v) is 8.45. The minimum atomic E-state index is -0.909. The number of nitrogens with one attached hydrogen (secondary N) is 3. The Morgan fingerprint density at radius 2 is 1.79 bits per heavy atom. The summed E-state index contributed by atoms with van der Waals surface area (Å²) in [6, 6.07) is 10.2. The van der Waals surface area contributed by atoms with Crippen LogP contribution < -0.4 is 16.0 Å². The average molecular weight is 591 g/mol. The normalized spacial score (nSPS) is 23.0. The first-order valence-corrected chi connectivity index (χ1v) is 14.9. The second-order valence-corrected chi connectivity index (χ2v) is 11.9. The average Bonchev–Trinajstić information content (AvgIpc) is 3.65. The van der Waals surface area contributed by atoms with E-state index in [1.165, 1.54) is 11.8 Å². The molecular weight excluding hydrogens is 556 g/mol. The quantitative estimate of drug-likeness (QED) is 0.361. The Morgan fingerprint density at radius 1 is 1.02 bits per heavy atom. The number of amides is 4. The van der Waals surface area contributed by atoms with E-state index in [0.717, 1.165) is 10.5 Å². The molecule has 0 aliphatic carbocycles. The number of carbonyl (C=O) groups is 4. The fourth-order valence-corrected chi connectivity index (χ4v) is 5.94. The van der Waals surface area contributed by atoms with Crippen molar-refractivity contribution < 1.29 is 19.2 Å². The maximum atomic E-state index is 13.7. The van der Waals surface area contributed by atoms with Crippen LogP contribution in [0.1, 0.15) is 37.6 Å². The largest absolute Gasteiger partial charge is 0.349 e. The lowest BCUT2D eigenvalue weighted by atomic mass is 10.00. The fourth-order valence-electron chi connectivity index (χ4n) is 5.17. The Balaban J connectivity index is 1.41. The monoisotopic (exact) mass is 590 g/mol. The smallest absolute Gasteiger partial charge is 0.243 e. The van der Waals surface area contributed by atoms with E-state index in [2.05, 4.69) is 31.2 Å². The summed E-state index contributed by atoms with van der Waals surface area (Å²) in [7, 11) is 0. The molecule has 1 aromatic carbocycles. The Kier molecular flexibility index (Phi) is 9.15. The molecule has 220 valence electrons. The zero-order valence-corrected chi connectivity index (χ0v) is 24.3. The number of hydrogen-bond donors (Lipinski definition) is 3. The Morgan fingerprint density at radius 3 is 2.52 bits per heavy atom. The van der Waals surface area contributed by atoms with Crippen molar-refractivity contribution in [2.45, 2.75) is 62.3 Å². The summed E-state index contributed by atoms with van der Waals surface area (Å²) in [6.45, 7) is 4.04. The predicted molar refractivity (Wildman–Crippen MR) is 155 cm³/mol. The number of fused-ring (bicyclic) bond motifs is 5.